The third-order valence-electron chi connectivity index (χ3n) is 3.14. The molecule has 1 unspecified atom stereocenters. The van der Waals surface area contributed by atoms with Gasteiger partial charge in [0.1, 0.15) is 11.3 Å². The van der Waals surface area contributed by atoms with Crippen molar-refractivity contribution in [2.24, 2.45) is 0 Å². The number of nitrogens with zero attached hydrogens (tertiary/aromatic N) is 1. The van der Waals surface area contributed by atoms with E-state index < -0.39 is 0 Å². The van der Waals surface area contributed by atoms with Crippen LogP contribution in [-0.2, 0) is 0 Å². The maximum absolute atomic E-state index is 13.2. The molecule has 3 aromatic rings. The molecule has 1 aromatic heterocycles. The lowest BCUT2D eigenvalue weighted by molar-refractivity contribution is 0.600. The summed E-state index contributed by atoms with van der Waals surface area (Å²) in [5.41, 5.74) is 8.47. The number of hydrogen-bond donors (Lipinski definition) is 2. The van der Waals surface area contributed by atoms with Gasteiger partial charge in [-0.1, -0.05) is 18.2 Å². The number of nitrogens with one attached hydrogen (secondary N) is 1. The number of benzene rings is 2. The van der Waals surface area contributed by atoms with Gasteiger partial charge in [0.2, 0.25) is 0 Å². The van der Waals surface area contributed by atoms with Gasteiger partial charge in [-0.15, -0.1) is 0 Å². The Morgan fingerprint density at radius 1 is 1.25 bits per heavy atom. The molecule has 0 aliphatic carbocycles. The Kier molecular flexibility index (Phi) is 3.02. The Balaban J connectivity index is 1.87. The molecule has 0 saturated carbocycles. The second-order valence-electron chi connectivity index (χ2n) is 4.63. The van der Waals surface area contributed by atoms with E-state index in [0.29, 0.717) is 22.8 Å². The molecule has 0 bridgehead atoms. The van der Waals surface area contributed by atoms with E-state index in [1.807, 2.05) is 19.1 Å². The number of halogens is 1. The Morgan fingerprint density at radius 3 is 2.80 bits per heavy atom. The van der Waals surface area contributed by atoms with Crippen LogP contribution in [0.1, 0.15) is 18.5 Å². The highest BCUT2D eigenvalue weighted by atomic mass is 19.1. The standard InChI is InChI=1S/C15H14FN3O/c1-9(10-4-2-5-11(16)8-10)18-15-19-14-12(17)6-3-7-13(14)20-15/h2-9H,17H2,1H3,(H,18,19). The number of anilines is 2. The van der Waals surface area contributed by atoms with Crippen LogP contribution in [0.15, 0.2) is 46.9 Å². The number of nitrogens with two attached hydrogens (primary N) is 1. The van der Waals surface area contributed by atoms with E-state index in [0.717, 1.165) is 5.56 Å². The first-order valence-electron chi connectivity index (χ1n) is 6.30. The summed E-state index contributed by atoms with van der Waals surface area (Å²) < 4.78 is 18.8. The zero-order chi connectivity index (χ0) is 14.1. The van der Waals surface area contributed by atoms with Crippen molar-refractivity contribution in [1.29, 1.82) is 0 Å². The number of nitrogen functional groups attached to an aromatic ring is 1. The van der Waals surface area contributed by atoms with Crippen molar-refractivity contribution < 1.29 is 8.81 Å². The van der Waals surface area contributed by atoms with Crippen LogP contribution in [-0.4, -0.2) is 4.98 Å². The van der Waals surface area contributed by atoms with E-state index in [1.165, 1.54) is 12.1 Å². The van der Waals surface area contributed by atoms with Gasteiger partial charge in [-0.3, -0.25) is 0 Å². The van der Waals surface area contributed by atoms with Gasteiger partial charge in [0.15, 0.2) is 5.58 Å². The molecule has 0 aliphatic heterocycles. The van der Waals surface area contributed by atoms with Gasteiger partial charge in [-0.25, -0.2) is 4.39 Å². The van der Waals surface area contributed by atoms with Gasteiger partial charge < -0.3 is 15.5 Å². The first kappa shape index (κ1) is 12.5. The highest BCUT2D eigenvalue weighted by molar-refractivity contribution is 5.86. The van der Waals surface area contributed by atoms with Crippen LogP contribution in [0.5, 0.6) is 0 Å². The fraction of sp³-hybridized carbons (Fsp3) is 0.133. The summed E-state index contributed by atoms with van der Waals surface area (Å²) in [6.07, 6.45) is 0. The maximum atomic E-state index is 13.2. The Morgan fingerprint density at radius 2 is 2.05 bits per heavy atom. The van der Waals surface area contributed by atoms with Crippen molar-refractivity contribution in [2.75, 3.05) is 11.1 Å². The second-order valence-corrected chi connectivity index (χ2v) is 4.63. The number of rotatable bonds is 3. The van der Waals surface area contributed by atoms with Crippen LogP contribution in [0.4, 0.5) is 16.1 Å². The molecule has 0 amide bonds. The largest absolute Gasteiger partial charge is 0.423 e. The van der Waals surface area contributed by atoms with E-state index in [9.17, 15) is 4.39 Å². The Bertz CT molecular complexity index is 754. The first-order valence-corrected chi connectivity index (χ1v) is 6.30. The van der Waals surface area contributed by atoms with Crippen LogP contribution >= 0.6 is 0 Å². The number of hydrogen-bond acceptors (Lipinski definition) is 4. The van der Waals surface area contributed by atoms with E-state index in [-0.39, 0.29) is 11.9 Å². The van der Waals surface area contributed by atoms with Crippen LogP contribution < -0.4 is 11.1 Å². The summed E-state index contributed by atoms with van der Waals surface area (Å²) in [4.78, 5) is 4.30. The van der Waals surface area contributed by atoms with Gasteiger partial charge in [0.05, 0.1) is 11.7 Å². The van der Waals surface area contributed by atoms with Crippen molar-refractivity contribution in [3.63, 3.8) is 0 Å². The molecule has 20 heavy (non-hydrogen) atoms. The number of para-hydroxylation sites is 1. The average Bonchev–Trinajstić information content (AvgIpc) is 2.83. The summed E-state index contributed by atoms with van der Waals surface area (Å²) in [6.45, 7) is 1.91. The molecule has 3 rings (SSSR count). The smallest absolute Gasteiger partial charge is 0.296 e. The van der Waals surface area contributed by atoms with Gasteiger partial charge >= 0.3 is 0 Å². The van der Waals surface area contributed by atoms with Crippen LogP contribution in [0, 0.1) is 5.82 Å². The molecule has 0 fully saturated rings. The molecule has 5 heteroatoms. The van der Waals surface area contributed by atoms with Crippen LogP contribution in [0.3, 0.4) is 0 Å². The summed E-state index contributed by atoms with van der Waals surface area (Å²) >= 11 is 0. The monoisotopic (exact) mass is 271 g/mol. The number of oxazole rings is 1. The minimum atomic E-state index is -0.266. The van der Waals surface area contributed by atoms with Gasteiger partial charge in [-0.05, 0) is 36.8 Å². The molecular formula is C15H14FN3O. The third kappa shape index (κ3) is 2.30. The molecular weight excluding hydrogens is 257 g/mol. The van der Waals surface area contributed by atoms with Crippen molar-refractivity contribution in [3.05, 3.63) is 53.8 Å². The fourth-order valence-corrected chi connectivity index (χ4v) is 2.08. The predicted octanol–water partition coefficient (Wildman–Crippen LogP) is 3.72. The maximum Gasteiger partial charge on any atom is 0.296 e. The molecule has 2 aromatic carbocycles. The fourth-order valence-electron chi connectivity index (χ4n) is 2.08. The van der Waals surface area contributed by atoms with Gasteiger partial charge in [-0.2, -0.15) is 4.98 Å². The number of fused-ring (bicyclic) bond motifs is 1. The SMILES string of the molecule is CC(Nc1nc2c(N)cccc2o1)c1cccc(F)c1. The van der Waals surface area contributed by atoms with Gasteiger partial charge in [0, 0.05) is 0 Å². The normalized spacial score (nSPS) is 12.5. The van der Waals surface area contributed by atoms with E-state index in [4.69, 9.17) is 10.2 Å². The average molecular weight is 271 g/mol. The molecule has 4 nitrogen and oxygen atoms in total. The number of aromatic nitrogens is 1. The van der Waals surface area contributed by atoms with E-state index in [2.05, 4.69) is 10.3 Å². The molecule has 102 valence electrons. The Hall–Kier alpha value is -2.56. The van der Waals surface area contributed by atoms with E-state index >= 15 is 0 Å². The lowest BCUT2D eigenvalue weighted by atomic mass is 10.1. The highest BCUT2D eigenvalue weighted by Gasteiger charge is 2.12. The molecule has 0 radical (unpaired) electrons. The van der Waals surface area contributed by atoms with Crippen molar-refractivity contribution >= 4 is 22.8 Å². The van der Waals surface area contributed by atoms with Crippen molar-refractivity contribution in [3.8, 4) is 0 Å². The van der Waals surface area contributed by atoms with E-state index in [1.54, 1.807) is 18.2 Å². The lowest BCUT2D eigenvalue weighted by Gasteiger charge is -2.12. The van der Waals surface area contributed by atoms with Crippen molar-refractivity contribution in [1.82, 2.24) is 4.98 Å². The lowest BCUT2D eigenvalue weighted by Crippen LogP contribution is -2.06. The quantitative estimate of drug-likeness (QED) is 0.712. The Labute approximate surface area is 115 Å². The zero-order valence-electron chi connectivity index (χ0n) is 10.9. The summed E-state index contributed by atoms with van der Waals surface area (Å²) in [5, 5.41) is 3.10. The van der Waals surface area contributed by atoms with Crippen molar-refractivity contribution in [2.45, 2.75) is 13.0 Å². The molecule has 3 N–H and O–H groups in total. The predicted molar refractivity (Wildman–Crippen MR) is 76.9 cm³/mol. The molecule has 1 heterocycles. The highest BCUT2D eigenvalue weighted by Crippen LogP contribution is 2.26. The summed E-state index contributed by atoms with van der Waals surface area (Å²) in [7, 11) is 0. The zero-order valence-corrected chi connectivity index (χ0v) is 10.9. The summed E-state index contributed by atoms with van der Waals surface area (Å²) in [6, 6.07) is 12.0. The molecule has 1 atom stereocenters. The molecule has 0 aliphatic rings. The molecule has 0 spiro atoms. The second kappa shape index (κ2) is 4.85. The van der Waals surface area contributed by atoms with Crippen LogP contribution in [0.25, 0.3) is 11.1 Å². The summed E-state index contributed by atoms with van der Waals surface area (Å²) in [5.74, 6) is -0.266. The van der Waals surface area contributed by atoms with Crippen LogP contribution in [0.2, 0.25) is 0 Å². The molecule has 0 saturated heterocycles. The third-order valence-corrected chi connectivity index (χ3v) is 3.14. The minimum absolute atomic E-state index is 0.125. The van der Waals surface area contributed by atoms with Gasteiger partial charge in [0.25, 0.3) is 6.01 Å². The first-order chi connectivity index (χ1) is 9.63. The minimum Gasteiger partial charge on any atom is -0.423 e. The topological polar surface area (TPSA) is 64.1 Å².